The fourth-order valence-corrected chi connectivity index (χ4v) is 2.16. The number of nitrogens with zero attached hydrogens (tertiary/aromatic N) is 4. The first-order valence-electron chi connectivity index (χ1n) is 9.13. The minimum Gasteiger partial charge on any atom is -0.343 e. The average Bonchev–Trinajstić information content (AvgIpc) is 2.62. The zero-order valence-electron chi connectivity index (χ0n) is 16.6. The topological polar surface area (TPSA) is 54.1 Å². The van der Waals surface area contributed by atoms with E-state index in [9.17, 15) is 4.79 Å². The van der Waals surface area contributed by atoms with E-state index in [0.29, 0.717) is 0 Å². The van der Waals surface area contributed by atoms with Gasteiger partial charge in [-0.2, -0.15) is 0 Å². The molecule has 2 heterocycles. The Labute approximate surface area is 149 Å². The first-order chi connectivity index (χ1) is 11.5. The fraction of sp³-hybridized carbons (Fsp3) is 0.941. The predicted octanol–water partition coefficient (Wildman–Crippen LogP) is -0.931. The molecule has 0 radical (unpaired) electrons. The van der Waals surface area contributed by atoms with Crippen LogP contribution in [0.4, 0.5) is 0 Å². The molecule has 2 aliphatic rings. The van der Waals surface area contributed by atoms with Crippen molar-refractivity contribution in [3.63, 3.8) is 0 Å². The quantitative estimate of drug-likeness (QED) is 0.629. The second-order valence-electron chi connectivity index (χ2n) is 6.50. The molecule has 0 saturated carbocycles. The molecule has 7 nitrogen and oxygen atoms in total. The minimum atomic E-state index is 0.889. The summed E-state index contributed by atoms with van der Waals surface area (Å²) in [6, 6.07) is 0. The largest absolute Gasteiger partial charge is 0.343 e. The third-order valence-corrected chi connectivity index (χ3v) is 4.31. The van der Waals surface area contributed by atoms with Crippen molar-refractivity contribution in [2.24, 2.45) is 0 Å². The van der Waals surface area contributed by atoms with Crippen molar-refractivity contribution in [3.8, 4) is 0 Å². The molecule has 0 unspecified atom stereocenters. The van der Waals surface area contributed by atoms with E-state index in [1.54, 1.807) is 4.90 Å². The van der Waals surface area contributed by atoms with Crippen LogP contribution in [0.15, 0.2) is 0 Å². The molecule has 2 fully saturated rings. The Balaban J connectivity index is 0.000000333. The summed E-state index contributed by atoms with van der Waals surface area (Å²) in [6.07, 6.45) is 0.924. The molecule has 0 atom stereocenters. The standard InChI is InChI=1S/C6H12N2O.C6H16N2.C5H12N2/c1-7-2-4-8(6-9)5-3-7;1-4-8(3)6-5-7-2;1-7-4-2-6-3-5-7/h6H,2-5H2,1H3;7H,4-6H2,1-3H3;6H,2-5H2,1H3. The number of amides is 1. The van der Waals surface area contributed by atoms with Crippen molar-refractivity contribution in [2.45, 2.75) is 6.92 Å². The van der Waals surface area contributed by atoms with Gasteiger partial charge in [-0.3, -0.25) is 4.79 Å². The maximum absolute atomic E-state index is 10.2. The van der Waals surface area contributed by atoms with Gasteiger partial charge in [0, 0.05) is 65.4 Å². The number of likely N-dealkylation sites (N-methyl/N-ethyl adjacent to an activating group) is 4. The molecule has 7 heteroatoms. The van der Waals surface area contributed by atoms with E-state index in [2.05, 4.69) is 53.4 Å². The summed E-state index contributed by atoms with van der Waals surface area (Å²) in [6.45, 7) is 14.1. The van der Waals surface area contributed by atoms with Crippen molar-refractivity contribution in [1.82, 2.24) is 30.2 Å². The molecule has 2 saturated heterocycles. The van der Waals surface area contributed by atoms with E-state index >= 15 is 0 Å². The van der Waals surface area contributed by atoms with Crippen LogP contribution in [-0.2, 0) is 4.79 Å². The van der Waals surface area contributed by atoms with Crippen LogP contribution in [0.5, 0.6) is 0 Å². The van der Waals surface area contributed by atoms with Gasteiger partial charge in [0.25, 0.3) is 0 Å². The van der Waals surface area contributed by atoms with Crippen LogP contribution in [0.3, 0.4) is 0 Å². The van der Waals surface area contributed by atoms with Gasteiger partial charge in [-0.1, -0.05) is 6.92 Å². The monoisotopic (exact) mass is 344 g/mol. The highest BCUT2D eigenvalue weighted by Crippen LogP contribution is 1.94. The van der Waals surface area contributed by atoms with Crippen molar-refractivity contribution in [2.75, 3.05) is 100 Å². The minimum absolute atomic E-state index is 0.889. The Hall–Kier alpha value is -0.730. The lowest BCUT2D eigenvalue weighted by Gasteiger charge is -2.29. The van der Waals surface area contributed by atoms with Gasteiger partial charge in [0.05, 0.1) is 0 Å². The highest BCUT2D eigenvalue weighted by molar-refractivity contribution is 5.47. The molecule has 2 rings (SSSR count). The first-order valence-corrected chi connectivity index (χ1v) is 9.13. The summed E-state index contributed by atoms with van der Waals surface area (Å²) in [5.74, 6) is 0. The summed E-state index contributed by atoms with van der Waals surface area (Å²) in [4.78, 5) is 18.8. The molecule has 0 aromatic rings. The zero-order valence-corrected chi connectivity index (χ0v) is 16.6. The Bertz CT molecular complexity index is 278. The lowest BCUT2D eigenvalue weighted by Crippen LogP contribution is -2.43. The SMILES string of the molecule is CCN(C)CCNC.CN1CCN(C=O)CC1.CN1CCNCC1. The molecule has 2 aliphatic heterocycles. The second kappa shape index (κ2) is 15.8. The van der Waals surface area contributed by atoms with Crippen LogP contribution < -0.4 is 10.6 Å². The van der Waals surface area contributed by atoms with Gasteiger partial charge in [0.1, 0.15) is 0 Å². The summed E-state index contributed by atoms with van der Waals surface area (Å²) in [7, 11) is 8.32. The lowest BCUT2D eigenvalue weighted by molar-refractivity contribution is -0.119. The second-order valence-corrected chi connectivity index (χ2v) is 6.50. The van der Waals surface area contributed by atoms with Crippen LogP contribution in [-0.4, -0.2) is 126 Å². The molecular weight excluding hydrogens is 304 g/mol. The van der Waals surface area contributed by atoms with Crippen molar-refractivity contribution in [1.29, 1.82) is 0 Å². The fourth-order valence-electron chi connectivity index (χ4n) is 2.16. The molecule has 1 amide bonds. The Kier molecular flexibility index (Phi) is 15.3. The molecule has 24 heavy (non-hydrogen) atoms. The number of carbonyl (C=O) groups is 1. The predicted molar refractivity (Wildman–Crippen MR) is 103 cm³/mol. The van der Waals surface area contributed by atoms with E-state index in [1.165, 1.54) is 13.1 Å². The summed E-state index contributed by atoms with van der Waals surface area (Å²) >= 11 is 0. The number of hydrogen-bond acceptors (Lipinski definition) is 6. The van der Waals surface area contributed by atoms with Crippen molar-refractivity contribution in [3.05, 3.63) is 0 Å². The molecule has 144 valence electrons. The van der Waals surface area contributed by atoms with Gasteiger partial charge < -0.3 is 30.2 Å². The van der Waals surface area contributed by atoms with Crippen molar-refractivity contribution < 1.29 is 4.79 Å². The molecule has 0 spiro atoms. The number of rotatable bonds is 5. The van der Waals surface area contributed by atoms with E-state index in [4.69, 9.17) is 0 Å². The van der Waals surface area contributed by atoms with Gasteiger partial charge in [-0.05, 0) is 34.7 Å². The van der Waals surface area contributed by atoms with Crippen molar-refractivity contribution >= 4 is 6.41 Å². The third-order valence-electron chi connectivity index (χ3n) is 4.31. The maximum Gasteiger partial charge on any atom is 0.209 e. The van der Waals surface area contributed by atoms with Gasteiger partial charge in [-0.15, -0.1) is 0 Å². The van der Waals surface area contributed by atoms with Gasteiger partial charge >= 0.3 is 0 Å². The normalized spacial score (nSPS) is 19.2. The molecule has 0 bridgehead atoms. The summed E-state index contributed by atoms with van der Waals surface area (Å²) in [5.41, 5.74) is 0. The Morgan fingerprint density at radius 1 is 1.04 bits per heavy atom. The summed E-state index contributed by atoms with van der Waals surface area (Å²) in [5, 5.41) is 6.36. The van der Waals surface area contributed by atoms with E-state index < -0.39 is 0 Å². The van der Waals surface area contributed by atoms with Gasteiger partial charge in [-0.25, -0.2) is 0 Å². The van der Waals surface area contributed by atoms with Crippen LogP contribution >= 0.6 is 0 Å². The molecular formula is C17H40N6O. The molecule has 2 N–H and O–H groups in total. The lowest BCUT2D eigenvalue weighted by atomic mass is 10.4. The van der Waals surface area contributed by atoms with Crippen LogP contribution in [0.25, 0.3) is 0 Å². The highest BCUT2D eigenvalue weighted by Gasteiger charge is 2.10. The van der Waals surface area contributed by atoms with Crippen LogP contribution in [0.2, 0.25) is 0 Å². The maximum atomic E-state index is 10.2. The Morgan fingerprint density at radius 3 is 1.96 bits per heavy atom. The smallest absolute Gasteiger partial charge is 0.209 e. The summed E-state index contributed by atoms with van der Waals surface area (Å²) < 4.78 is 0. The van der Waals surface area contributed by atoms with E-state index in [0.717, 1.165) is 65.3 Å². The molecule has 0 aromatic carbocycles. The van der Waals surface area contributed by atoms with Gasteiger partial charge in [0.2, 0.25) is 6.41 Å². The van der Waals surface area contributed by atoms with Crippen LogP contribution in [0, 0.1) is 0 Å². The number of piperazine rings is 2. The number of nitrogens with one attached hydrogen (secondary N) is 2. The molecule has 0 aromatic heterocycles. The molecule has 0 aliphatic carbocycles. The van der Waals surface area contributed by atoms with E-state index in [1.807, 2.05) is 7.05 Å². The number of carbonyl (C=O) groups excluding carboxylic acids is 1. The number of hydrogen-bond donors (Lipinski definition) is 2. The van der Waals surface area contributed by atoms with E-state index in [-0.39, 0.29) is 0 Å². The zero-order chi connectivity index (χ0) is 18.2. The highest BCUT2D eigenvalue weighted by atomic mass is 16.1. The van der Waals surface area contributed by atoms with Crippen LogP contribution in [0.1, 0.15) is 6.92 Å². The van der Waals surface area contributed by atoms with Gasteiger partial charge in [0.15, 0.2) is 0 Å². The third kappa shape index (κ3) is 13.7. The first kappa shape index (κ1) is 23.3. The average molecular weight is 345 g/mol. The Morgan fingerprint density at radius 2 is 1.58 bits per heavy atom.